The van der Waals surface area contributed by atoms with Gasteiger partial charge in [-0.2, -0.15) is 0 Å². The standard InChI is InChI=1S/C22H28O4/c1-14(23)26-13-22(24)12-21-9-5-17-16-7-10-25-18(16)6-8-20(17,2)19(21)4-3-15(22)11-21/h6-8,10,15,17,19,24H,3-5,9,11-13H2,1-2H3/t15-,17+,19-,20-,21-,22+/m0/s1. The Morgan fingerprint density at radius 3 is 3.04 bits per heavy atom. The van der Waals surface area contributed by atoms with Gasteiger partial charge in [-0.15, -0.1) is 0 Å². The summed E-state index contributed by atoms with van der Waals surface area (Å²) in [7, 11) is 0. The summed E-state index contributed by atoms with van der Waals surface area (Å²) in [5.74, 6) is 2.06. The van der Waals surface area contributed by atoms with E-state index in [1.54, 1.807) is 0 Å². The van der Waals surface area contributed by atoms with Crippen LogP contribution in [-0.4, -0.2) is 23.3 Å². The predicted octanol–water partition coefficient (Wildman–Crippen LogP) is 4.29. The average Bonchev–Trinajstić information content (AvgIpc) is 3.14. The molecule has 140 valence electrons. The summed E-state index contributed by atoms with van der Waals surface area (Å²) in [6.07, 6.45) is 12.7. The lowest BCUT2D eigenvalue weighted by Gasteiger charge is -2.58. The molecular formula is C22H28O4. The molecule has 5 rings (SSSR count). The molecule has 0 unspecified atom stereocenters. The Bertz CT molecular complexity index is 779. The van der Waals surface area contributed by atoms with Crippen molar-refractivity contribution in [2.24, 2.45) is 22.7 Å². The van der Waals surface area contributed by atoms with Gasteiger partial charge in [0.05, 0.1) is 6.26 Å². The highest BCUT2D eigenvalue weighted by molar-refractivity contribution is 5.66. The number of allylic oxidation sites excluding steroid dienone is 1. The first-order chi connectivity index (χ1) is 12.4. The van der Waals surface area contributed by atoms with Crippen LogP contribution in [0.15, 0.2) is 22.8 Å². The first-order valence-corrected chi connectivity index (χ1v) is 9.99. The first-order valence-electron chi connectivity index (χ1n) is 9.99. The summed E-state index contributed by atoms with van der Waals surface area (Å²) in [6, 6.07) is 2.15. The summed E-state index contributed by atoms with van der Waals surface area (Å²) >= 11 is 0. The fraction of sp³-hybridized carbons (Fsp3) is 0.682. The van der Waals surface area contributed by atoms with Gasteiger partial charge < -0.3 is 14.3 Å². The van der Waals surface area contributed by atoms with Gasteiger partial charge in [0.1, 0.15) is 18.0 Å². The molecule has 4 aliphatic carbocycles. The minimum atomic E-state index is -0.844. The van der Waals surface area contributed by atoms with E-state index in [0.717, 1.165) is 44.3 Å². The molecule has 1 aromatic rings. The van der Waals surface area contributed by atoms with Gasteiger partial charge in [-0.25, -0.2) is 0 Å². The SMILES string of the molecule is CC(=O)OC[C@]1(O)C[C@@]23CC[C@@H]4c5ccoc5C=C[C@]4(C)[C@@H]2CC[C@H]1C3. The normalized spacial score (nSPS) is 45.6. The molecule has 6 atom stereocenters. The lowest BCUT2D eigenvalue weighted by molar-refractivity contribution is -0.151. The molecule has 4 nitrogen and oxygen atoms in total. The largest absolute Gasteiger partial charge is 0.465 e. The lowest BCUT2D eigenvalue weighted by Crippen LogP contribution is -2.49. The molecule has 2 bridgehead atoms. The number of aliphatic hydroxyl groups is 1. The van der Waals surface area contributed by atoms with Crippen molar-refractivity contribution in [3.8, 4) is 0 Å². The van der Waals surface area contributed by atoms with Crippen LogP contribution >= 0.6 is 0 Å². The van der Waals surface area contributed by atoms with Gasteiger partial charge in [-0.05, 0) is 79.3 Å². The van der Waals surface area contributed by atoms with Crippen molar-refractivity contribution in [1.29, 1.82) is 0 Å². The molecule has 1 aromatic heterocycles. The first kappa shape index (κ1) is 16.6. The molecule has 0 radical (unpaired) electrons. The summed E-state index contributed by atoms with van der Waals surface area (Å²) in [6.45, 7) is 4.00. The van der Waals surface area contributed by atoms with Gasteiger partial charge >= 0.3 is 5.97 Å². The molecule has 26 heavy (non-hydrogen) atoms. The van der Waals surface area contributed by atoms with E-state index in [1.165, 1.54) is 12.5 Å². The Labute approximate surface area is 154 Å². The number of esters is 1. The molecule has 3 saturated carbocycles. The van der Waals surface area contributed by atoms with Crippen molar-refractivity contribution in [3.63, 3.8) is 0 Å². The van der Waals surface area contributed by atoms with Gasteiger partial charge in [0.15, 0.2) is 0 Å². The Hall–Kier alpha value is -1.55. The third-order valence-electron chi connectivity index (χ3n) is 8.27. The van der Waals surface area contributed by atoms with E-state index >= 15 is 0 Å². The van der Waals surface area contributed by atoms with E-state index in [4.69, 9.17) is 9.15 Å². The molecule has 4 aliphatic rings. The number of furan rings is 1. The molecule has 1 N–H and O–H groups in total. The summed E-state index contributed by atoms with van der Waals surface area (Å²) in [4.78, 5) is 11.3. The van der Waals surface area contributed by atoms with E-state index in [1.807, 2.05) is 6.26 Å². The zero-order valence-corrected chi connectivity index (χ0v) is 15.7. The van der Waals surface area contributed by atoms with Crippen molar-refractivity contribution in [3.05, 3.63) is 29.7 Å². The number of ether oxygens (including phenoxy) is 1. The van der Waals surface area contributed by atoms with Gasteiger partial charge in [0.2, 0.25) is 0 Å². The Kier molecular flexibility index (Phi) is 3.35. The van der Waals surface area contributed by atoms with Gasteiger partial charge in [0.25, 0.3) is 0 Å². The molecule has 1 heterocycles. The predicted molar refractivity (Wildman–Crippen MR) is 97.3 cm³/mol. The van der Waals surface area contributed by atoms with E-state index in [0.29, 0.717) is 11.8 Å². The van der Waals surface area contributed by atoms with Crippen LogP contribution in [0.25, 0.3) is 6.08 Å². The van der Waals surface area contributed by atoms with Gasteiger partial charge in [-0.1, -0.05) is 13.0 Å². The topological polar surface area (TPSA) is 59.7 Å². The molecule has 0 aromatic carbocycles. The van der Waals surface area contributed by atoms with Crippen molar-refractivity contribution in [1.82, 2.24) is 0 Å². The van der Waals surface area contributed by atoms with Crippen molar-refractivity contribution < 1.29 is 19.1 Å². The summed E-state index contributed by atoms with van der Waals surface area (Å²) < 4.78 is 10.9. The quantitative estimate of drug-likeness (QED) is 0.803. The highest BCUT2D eigenvalue weighted by Gasteiger charge is 2.65. The number of hydrogen-bond acceptors (Lipinski definition) is 4. The second-order valence-corrected chi connectivity index (χ2v) is 9.48. The highest BCUT2D eigenvalue weighted by atomic mass is 16.5. The highest BCUT2D eigenvalue weighted by Crippen LogP contribution is 2.71. The zero-order chi connectivity index (χ0) is 18.2. The number of carbonyl (C=O) groups is 1. The number of rotatable bonds is 2. The second kappa shape index (κ2) is 5.25. The third kappa shape index (κ3) is 2.08. The molecule has 4 heteroatoms. The van der Waals surface area contributed by atoms with Crippen LogP contribution < -0.4 is 0 Å². The van der Waals surface area contributed by atoms with Crippen LogP contribution in [-0.2, 0) is 9.53 Å². The molecule has 3 fully saturated rings. The minimum absolute atomic E-state index is 0.118. The van der Waals surface area contributed by atoms with Crippen molar-refractivity contribution in [2.75, 3.05) is 6.61 Å². The maximum atomic E-state index is 11.3. The molecule has 0 saturated heterocycles. The molecule has 0 amide bonds. The van der Waals surface area contributed by atoms with Gasteiger partial charge in [0, 0.05) is 12.5 Å². The smallest absolute Gasteiger partial charge is 0.302 e. The van der Waals surface area contributed by atoms with E-state index in [-0.39, 0.29) is 29.3 Å². The molecule has 1 spiro atoms. The van der Waals surface area contributed by atoms with Crippen LogP contribution in [0.2, 0.25) is 0 Å². The van der Waals surface area contributed by atoms with Crippen LogP contribution in [0.5, 0.6) is 0 Å². The van der Waals surface area contributed by atoms with E-state index in [9.17, 15) is 9.90 Å². The van der Waals surface area contributed by atoms with Crippen molar-refractivity contribution >= 4 is 12.0 Å². The maximum Gasteiger partial charge on any atom is 0.302 e. The number of fused-ring (bicyclic) bond motifs is 5. The van der Waals surface area contributed by atoms with Crippen LogP contribution in [0.4, 0.5) is 0 Å². The fourth-order valence-corrected chi connectivity index (χ4v) is 7.27. The Morgan fingerprint density at radius 2 is 2.23 bits per heavy atom. The van der Waals surface area contributed by atoms with Gasteiger partial charge in [-0.3, -0.25) is 4.79 Å². The van der Waals surface area contributed by atoms with Crippen LogP contribution in [0.1, 0.15) is 69.6 Å². The number of carbonyl (C=O) groups excluding carboxylic acids is 1. The van der Waals surface area contributed by atoms with Crippen molar-refractivity contribution in [2.45, 2.75) is 63.9 Å². The minimum Gasteiger partial charge on any atom is -0.465 e. The Morgan fingerprint density at radius 1 is 1.38 bits per heavy atom. The maximum absolute atomic E-state index is 11.3. The lowest BCUT2D eigenvalue weighted by atomic mass is 9.46. The molecule has 0 aliphatic heterocycles. The fourth-order valence-electron chi connectivity index (χ4n) is 7.27. The number of hydrogen-bond donors (Lipinski definition) is 1. The summed E-state index contributed by atoms with van der Waals surface area (Å²) in [5.41, 5.74) is 0.810. The Balaban J connectivity index is 1.48. The van der Waals surface area contributed by atoms with Crippen LogP contribution in [0, 0.1) is 22.7 Å². The zero-order valence-electron chi connectivity index (χ0n) is 15.7. The summed E-state index contributed by atoms with van der Waals surface area (Å²) in [5, 5.41) is 11.3. The van der Waals surface area contributed by atoms with E-state index < -0.39 is 5.60 Å². The monoisotopic (exact) mass is 356 g/mol. The third-order valence-corrected chi connectivity index (χ3v) is 8.27. The average molecular weight is 356 g/mol. The van der Waals surface area contributed by atoms with Crippen LogP contribution in [0.3, 0.4) is 0 Å². The van der Waals surface area contributed by atoms with E-state index in [2.05, 4.69) is 25.1 Å². The second-order valence-electron chi connectivity index (χ2n) is 9.48. The molecular weight excluding hydrogens is 328 g/mol.